The van der Waals surface area contributed by atoms with Gasteiger partial charge in [-0.2, -0.15) is 5.10 Å². The van der Waals surface area contributed by atoms with Crippen molar-refractivity contribution in [2.75, 3.05) is 21.3 Å². The molecule has 0 radical (unpaired) electrons. The molecule has 0 saturated heterocycles. The van der Waals surface area contributed by atoms with Crippen molar-refractivity contribution in [3.05, 3.63) is 107 Å². The minimum absolute atomic E-state index is 0.0381. The molecule has 2 N–H and O–H groups in total. The van der Waals surface area contributed by atoms with Crippen LogP contribution in [0.4, 0.5) is 0 Å². The Morgan fingerprint density at radius 1 is 0.737 bits per heavy atom. The predicted molar refractivity (Wildman–Crippen MR) is 148 cm³/mol. The van der Waals surface area contributed by atoms with Gasteiger partial charge in [0, 0.05) is 11.1 Å². The third-order valence-corrected chi connectivity index (χ3v) is 5.68. The molecule has 38 heavy (non-hydrogen) atoms. The van der Waals surface area contributed by atoms with E-state index in [1.807, 2.05) is 48.5 Å². The summed E-state index contributed by atoms with van der Waals surface area (Å²) in [4.78, 5) is 26.0. The summed E-state index contributed by atoms with van der Waals surface area (Å²) in [5.41, 5.74) is 4.29. The van der Waals surface area contributed by atoms with E-state index in [4.69, 9.17) is 14.2 Å². The van der Waals surface area contributed by atoms with Crippen LogP contribution in [0, 0.1) is 0 Å². The van der Waals surface area contributed by atoms with Crippen LogP contribution in [0.3, 0.4) is 0 Å². The zero-order chi connectivity index (χ0) is 26.9. The minimum Gasteiger partial charge on any atom is -0.493 e. The summed E-state index contributed by atoms with van der Waals surface area (Å²) >= 11 is 0. The van der Waals surface area contributed by atoms with Crippen LogP contribution in [0.1, 0.15) is 21.5 Å². The Balaban J connectivity index is 1.60. The van der Waals surface area contributed by atoms with Gasteiger partial charge >= 0.3 is 0 Å². The van der Waals surface area contributed by atoms with Crippen LogP contribution in [-0.2, 0) is 4.79 Å². The smallest absolute Gasteiger partial charge is 0.287 e. The second kappa shape index (κ2) is 12.2. The van der Waals surface area contributed by atoms with Gasteiger partial charge in [0.25, 0.3) is 11.8 Å². The Morgan fingerprint density at radius 2 is 1.39 bits per heavy atom. The van der Waals surface area contributed by atoms with Gasteiger partial charge in [-0.15, -0.1) is 0 Å². The second-order valence-electron chi connectivity index (χ2n) is 8.14. The Morgan fingerprint density at radius 3 is 2.05 bits per heavy atom. The lowest BCUT2D eigenvalue weighted by molar-refractivity contribution is -0.117. The molecule has 0 heterocycles. The van der Waals surface area contributed by atoms with Gasteiger partial charge in [0.05, 0.1) is 27.5 Å². The Bertz CT molecular complexity index is 1490. The first-order valence-corrected chi connectivity index (χ1v) is 11.7. The minimum atomic E-state index is -0.592. The van der Waals surface area contributed by atoms with Gasteiger partial charge in [-0.05, 0) is 52.7 Å². The molecule has 0 aliphatic rings. The lowest BCUT2D eigenvalue weighted by Crippen LogP contribution is -2.32. The second-order valence-corrected chi connectivity index (χ2v) is 8.14. The lowest BCUT2D eigenvalue weighted by Gasteiger charge is -2.12. The largest absolute Gasteiger partial charge is 0.493 e. The fourth-order valence-electron chi connectivity index (χ4n) is 3.81. The molecule has 2 amide bonds. The van der Waals surface area contributed by atoms with E-state index in [-0.39, 0.29) is 5.70 Å². The van der Waals surface area contributed by atoms with Crippen molar-refractivity contribution >= 4 is 34.9 Å². The highest BCUT2D eigenvalue weighted by Gasteiger charge is 2.15. The molecule has 0 saturated carbocycles. The molecule has 192 valence electrons. The highest BCUT2D eigenvalue weighted by atomic mass is 16.5. The number of nitrogens with zero attached hydrogens (tertiary/aromatic N) is 1. The van der Waals surface area contributed by atoms with E-state index in [2.05, 4.69) is 15.8 Å². The average molecular weight is 510 g/mol. The van der Waals surface area contributed by atoms with Crippen molar-refractivity contribution in [1.82, 2.24) is 10.7 Å². The van der Waals surface area contributed by atoms with Gasteiger partial charge in [-0.1, -0.05) is 54.6 Å². The van der Waals surface area contributed by atoms with E-state index in [1.54, 1.807) is 42.5 Å². The number of carbonyl (C=O) groups is 2. The molecule has 4 aromatic rings. The number of rotatable bonds is 9. The van der Waals surface area contributed by atoms with E-state index in [1.165, 1.54) is 27.5 Å². The number of ether oxygens (including phenoxy) is 3. The molecule has 0 bridgehead atoms. The third kappa shape index (κ3) is 6.17. The molecule has 0 aliphatic heterocycles. The van der Waals surface area contributed by atoms with Gasteiger partial charge in [-0.3, -0.25) is 9.59 Å². The van der Waals surface area contributed by atoms with Crippen molar-refractivity contribution in [2.24, 2.45) is 5.10 Å². The van der Waals surface area contributed by atoms with Crippen LogP contribution in [0.25, 0.3) is 16.8 Å². The van der Waals surface area contributed by atoms with Gasteiger partial charge in [0.1, 0.15) is 5.70 Å². The van der Waals surface area contributed by atoms with Crippen LogP contribution in [0.2, 0.25) is 0 Å². The van der Waals surface area contributed by atoms with Crippen LogP contribution in [0.15, 0.2) is 95.7 Å². The molecule has 8 nitrogen and oxygen atoms in total. The van der Waals surface area contributed by atoms with Crippen molar-refractivity contribution in [1.29, 1.82) is 0 Å². The standard InChI is InChI=1S/C30H27N3O5/c1-36-26-17-21(18-27(37-2)28(26)38-3)19-31-33-30(35)25(32-29(34)23-10-5-4-6-11-23)16-20-13-14-22-9-7-8-12-24(22)15-20/h4-19H,1-3H3,(H,32,34)(H,33,35). The van der Waals surface area contributed by atoms with Crippen LogP contribution >= 0.6 is 0 Å². The molecule has 0 spiro atoms. The average Bonchev–Trinajstić information content (AvgIpc) is 2.96. The summed E-state index contributed by atoms with van der Waals surface area (Å²) in [5.74, 6) is 0.339. The lowest BCUT2D eigenvalue weighted by atomic mass is 10.1. The van der Waals surface area contributed by atoms with E-state index in [0.717, 1.165) is 16.3 Å². The van der Waals surface area contributed by atoms with Crippen molar-refractivity contribution in [3.8, 4) is 17.2 Å². The van der Waals surface area contributed by atoms with E-state index in [9.17, 15) is 9.59 Å². The summed E-state index contributed by atoms with van der Waals surface area (Å²) < 4.78 is 16.0. The predicted octanol–water partition coefficient (Wildman–Crippen LogP) is 4.79. The van der Waals surface area contributed by atoms with E-state index in [0.29, 0.717) is 28.4 Å². The summed E-state index contributed by atoms with van der Waals surface area (Å²) in [6.07, 6.45) is 3.05. The maximum Gasteiger partial charge on any atom is 0.287 e. The first-order valence-electron chi connectivity index (χ1n) is 11.7. The number of amides is 2. The van der Waals surface area contributed by atoms with Crippen molar-refractivity contribution < 1.29 is 23.8 Å². The molecule has 0 fully saturated rings. The first kappa shape index (κ1) is 26.0. The van der Waals surface area contributed by atoms with Crippen LogP contribution in [0.5, 0.6) is 17.2 Å². The Kier molecular flexibility index (Phi) is 8.35. The fourth-order valence-corrected chi connectivity index (χ4v) is 3.81. The molecule has 0 unspecified atom stereocenters. The number of benzene rings is 4. The highest BCUT2D eigenvalue weighted by Crippen LogP contribution is 2.37. The number of carbonyl (C=O) groups excluding carboxylic acids is 2. The number of hydrogen-bond acceptors (Lipinski definition) is 6. The van der Waals surface area contributed by atoms with Crippen molar-refractivity contribution in [2.45, 2.75) is 0 Å². The van der Waals surface area contributed by atoms with Crippen molar-refractivity contribution in [3.63, 3.8) is 0 Å². The number of hydrogen-bond donors (Lipinski definition) is 2. The topological polar surface area (TPSA) is 98.2 Å². The number of fused-ring (bicyclic) bond motifs is 1. The van der Waals surface area contributed by atoms with E-state index >= 15 is 0 Å². The molecule has 0 aromatic heterocycles. The number of hydrazone groups is 1. The van der Waals surface area contributed by atoms with Gasteiger partial charge in [0.2, 0.25) is 5.75 Å². The molecule has 8 heteroatoms. The third-order valence-electron chi connectivity index (χ3n) is 5.68. The monoisotopic (exact) mass is 509 g/mol. The fraction of sp³-hybridized carbons (Fsp3) is 0.100. The first-order chi connectivity index (χ1) is 18.5. The molecule has 0 atom stereocenters. The van der Waals surface area contributed by atoms with Gasteiger partial charge < -0.3 is 19.5 Å². The SMILES string of the molecule is COc1cc(C=NNC(=O)C(=Cc2ccc3ccccc3c2)NC(=O)c2ccccc2)cc(OC)c1OC. The zero-order valence-corrected chi connectivity index (χ0v) is 21.2. The summed E-state index contributed by atoms with van der Waals surface area (Å²) in [7, 11) is 4.54. The normalized spacial score (nSPS) is 11.3. The molecule has 4 aromatic carbocycles. The zero-order valence-electron chi connectivity index (χ0n) is 21.2. The quantitative estimate of drug-likeness (QED) is 0.192. The summed E-state index contributed by atoms with van der Waals surface area (Å²) in [6.45, 7) is 0. The Labute approximate surface area is 220 Å². The van der Waals surface area contributed by atoms with Crippen LogP contribution < -0.4 is 25.0 Å². The Hall–Kier alpha value is -5.11. The highest BCUT2D eigenvalue weighted by molar-refractivity contribution is 6.05. The number of methoxy groups -OCH3 is 3. The van der Waals surface area contributed by atoms with Crippen LogP contribution in [-0.4, -0.2) is 39.4 Å². The molecule has 4 rings (SSSR count). The molecular weight excluding hydrogens is 482 g/mol. The summed E-state index contributed by atoms with van der Waals surface area (Å²) in [5, 5.41) is 8.86. The maximum absolute atomic E-state index is 13.1. The van der Waals surface area contributed by atoms with Gasteiger partial charge in [0.15, 0.2) is 11.5 Å². The molecular formula is C30H27N3O5. The van der Waals surface area contributed by atoms with Gasteiger partial charge in [-0.25, -0.2) is 5.43 Å². The number of nitrogens with one attached hydrogen (secondary N) is 2. The maximum atomic E-state index is 13.1. The van der Waals surface area contributed by atoms with E-state index < -0.39 is 11.8 Å². The summed E-state index contributed by atoms with van der Waals surface area (Å²) in [6, 6.07) is 25.7. The molecule has 0 aliphatic carbocycles.